The van der Waals surface area contributed by atoms with Crippen molar-refractivity contribution in [2.75, 3.05) is 6.61 Å². The first kappa shape index (κ1) is 18.3. The van der Waals surface area contributed by atoms with Crippen LogP contribution in [0.15, 0.2) is 18.2 Å². The lowest BCUT2D eigenvalue weighted by Gasteiger charge is -2.16. The normalized spacial score (nSPS) is 11.5. The summed E-state index contributed by atoms with van der Waals surface area (Å²) in [5.74, 6) is -2.52. The Morgan fingerprint density at radius 3 is 2.61 bits per heavy atom. The summed E-state index contributed by atoms with van der Waals surface area (Å²) in [7, 11) is 0. The van der Waals surface area contributed by atoms with Gasteiger partial charge in [0.2, 0.25) is 0 Å². The van der Waals surface area contributed by atoms with Crippen molar-refractivity contribution >= 4 is 18.0 Å². The zero-order valence-corrected chi connectivity index (χ0v) is 12.7. The van der Waals surface area contributed by atoms with Gasteiger partial charge in [-0.25, -0.2) is 9.59 Å². The Kier molecular flexibility index (Phi) is 6.85. The van der Waals surface area contributed by atoms with Crippen LogP contribution in [0.4, 0.5) is 4.79 Å². The van der Waals surface area contributed by atoms with Crippen LogP contribution in [0.5, 0.6) is 5.75 Å². The lowest BCUT2D eigenvalue weighted by atomic mass is 10.0. The molecule has 5 N–H and O–H groups in total. The number of benzene rings is 1. The third-order valence-electron chi connectivity index (χ3n) is 3.13. The number of phenols is 1. The fourth-order valence-corrected chi connectivity index (χ4v) is 1.87. The van der Waals surface area contributed by atoms with Gasteiger partial charge in [0, 0.05) is 6.42 Å². The summed E-state index contributed by atoms with van der Waals surface area (Å²) in [6.07, 6.45) is 0.442. The first-order valence-corrected chi connectivity index (χ1v) is 7.13. The van der Waals surface area contributed by atoms with E-state index in [0.717, 1.165) is 6.42 Å². The third-order valence-corrected chi connectivity index (χ3v) is 3.13. The van der Waals surface area contributed by atoms with Gasteiger partial charge in [0.25, 0.3) is 5.91 Å². The van der Waals surface area contributed by atoms with Gasteiger partial charge >= 0.3 is 12.1 Å². The summed E-state index contributed by atoms with van der Waals surface area (Å²) in [5, 5.41) is 21.4. The van der Waals surface area contributed by atoms with E-state index in [9.17, 15) is 24.6 Å². The van der Waals surface area contributed by atoms with Crippen molar-refractivity contribution in [1.29, 1.82) is 0 Å². The Labute approximate surface area is 133 Å². The molecule has 1 rings (SSSR count). The van der Waals surface area contributed by atoms with E-state index in [1.807, 2.05) is 6.92 Å². The van der Waals surface area contributed by atoms with Crippen molar-refractivity contribution in [2.24, 2.45) is 5.73 Å². The molecule has 0 saturated heterocycles. The van der Waals surface area contributed by atoms with Crippen molar-refractivity contribution in [3.05, 3.63) is 29.3 Å². The number of alkyl carbamates (subject to hydrolysis) is 1. The van der Waals surface area contributed by atoms with E-state index in [1.165, 1.54) is 18.2 Å². The van der Waals surface area contributed by atoms with Gasteiger partial charge in [-0.05, 0) is 18.1 Å². The number of nitrogens with one attached hydrogen (secondary N) is 1. The molecule has 8 nitrogen and oxygen atoms in total. The maximum atomic E-state index is 11.5. The zero-order valence-electron chi connectivity index (χ0n) is 12.7. The molecule has 0 bridgehead atoms. The highest BCUT2D eigenvalue weighted by molar-refractivity contribution is 5.96. The van der Waals surface area contributed by atoms with Gasteiger partial charge in [-0.2, -0.15) is 0 Å². The molecule has 1 aromatic carbocycles. The number of rotatable bonds is 8. The number of carboxylic acids is 1. The van der Waals surface area contributed by atoms with E-state index in [1.54, 1.807) is 0 Å². The maximum Gasteiger partial charge on any atom is 0.407 e. The quantitative estimate of drug-likeness (QED) is 0.526. The van der Waals surface area contributed by atoms with Crippen LogP contribution >= 0.6 is 0 Å². The van der Waals surface area contributed by atoms with Crippen molar-refractivity contribution in [1.82, 2.24) is 5.32 Å². The summed E-state index contributed by atoms with van der Waals surface area (Å²) in [5.41, 5.74) is 5.19. The monoisotopic (exact) mass is 324 g/mol. The van der Waals surface area contributed by atoms with Crippen LogP contribution in [0.25, 0.3) is 0 Å². The summed E-state index contributed by atoms with van der Waals surface area (Å²) in [6.45, 7) is 2.12. The highest BCUT2D eigenvalue weighted by Crippen LogP contribution is 2.23. The first-order valence-electron chi connectivity index (χ1n) is 7.13. The Morgan fingerprint density at radius 1 is 1.35 bits per heavy atom. The lowest BCUT2D eigenvalue weighted by Crippen LogP contribution is -2.42. The largest absolute Gasteiger partial charge is 0.507 e. The first-order chi connectivity index (χ1) is 10.9. The number of hydrogen-bond donors (Lipinski definition) is 4. The van der Waals surface area contributed by atoms with E-state index in [4.69, 9.17) is 10.5 Å². The number of hydrogen-bond acceptors (Lipinski definition) is 5. The number of carbonyl (C=O) groups excluding carboxylic acids is 2. The minimum absolute atomic E-state index is 0.114. The average Bonchev–Trinajstić information content (AvgIpc) is 2.48. The predicted molar refractivity (Wildman–Crippen MR) is 81.1 cm³/mol. The SMILES string of the molecule is CCCCOC(=O)NC(Cc1cccc(C(N)=O)c1O)C(=O)O. The van der Waals surface area contributed by atoms with Crippen LogP contribution in [0.2, 0.25) is 0 Å². The number of primary amides is 1. The molecule has 0 spiro atoms. The molecule has 1 unspecified atom stereocenters. The molecule has 0 aliphatic carbocycles. The van der Waals surface area contributed by atoms with E-state index >= 15 is 0 Å². The van der Waals surface area contributed by atoms with Crippen molar-refractivity contribution in [3.63, 3.8) is 0 Å². The van der Waals surface area contributed by atoms with E-state index in [-0.39, 0.29) is 24.2 Å². The van der Waals surface area contributed by atoms with Crippen LogP contribution in [0.3, 0.4) is 0 Å². The maximum absolute atomic E-state index is 11.5. The van der Waals surface area contributed by atoms with Gasteiger partial charge in [-0.15, -0.1) is 0 Å². The Bertz CT molecular complexity index is 587. The van der Waals surface area contributed by atoms with Gasteiger partial charge in [0.05, 0.1) is 12.2 Å². The number of nitrogens with two attached hydrogens (primary N) is 1. The van der Waals surface area contributed by atoms with Gasteiger partial charge in [0.15, 0.2) is 0 Å². The van der Waals surface area contributed by atoms with Crippen LogP contribution in [-0.4, -0.2) is 40.8 Å². The van der Waals surface area contributed by atoms with E-state index < -0.39 is 29.8 Å². The second-order valence-electron chi connectivity index (χ2n) is 4.91. The highest BCUT2D eigenvalue weighted by Gasteiger charge is 2.23. The number of amides is 2. The summed E-state index contributed by atoms with van der Waals surface area (Å²) in [4.78, 5) is 34.0. The second kappa shape index (κ2) is 8.62. The highest BCUT2D eigenvalue weighted by atomic mass is 16.5. The van der Waals surface area contributed by atoms with Crippen molar-refractivity contribution in [3.8, 4) is 5.75 Å². The number of aliphatic carboxylic acids is 1. The van der Waals surface area contributed by atoms with Crippen molar-refractivity contribution < 1.29 is 29.3 Å². The number of carboxylic acid groups (broad SMARTS) is 1. The fourth-order valence-electron chi connectivity index (χ4n) is 1.87. The van der Waals surface area contributed by atoms with E-state index in [0.29, 0.717) is 6.42 Å². The van der Waals surface area contributed by atoms with Crippen LogP contribution < -0.4 is 11.1 Å². The molecule has 23 heavy (non-hydrogen) atoms. The Morgan fingerprint density at radius 2 is 2.04 bits per heavy atom. The molecule has 0 fully saturated rings. The smallest absolute Gasteiger partial charge is 0.407 e. The molecule has 0 saturated carbocycles. The lowest BCUT2D eigenvalue weighted by molar-refractivity contribution is -0.139. The third kappa shape index (κ3) is 5.50. The summed E-state index contributed by atoms with van der Waals surface area (Å²) >= 11 is 0. The number of aromatic hydroxyl groups is 1. The standard InChI is InChI=1S/C15H20N2O6/c1-2-3-7-23-15(22)17-11(14(20)21)8-9-5-4-6-10(12(9)18)13(16)19/h4-6,11,18H,2-3,7-8H2,1H3,(H2,16,19)(H,17,22)(H,20,21). The number of carbonyl (C=O) groups is 3. The van der Waals surface area contributed by atoms with E-state index in [2.05, 4.69) is 5.32 Å². The van der Waals surface area contributed by atoms with Crippen LogP contribution in [0, 0.1) is 0 Å². The topological polar surface area (TPSA) is 139 Å². The van der Waals surface area contributed by atoms with Gasteiger partial charge in [-0.3, -0.25) is 4.79 Å². The van der Waals surface area contributed by atoms with Crippen LogP contribution in [-0.2, 0) is 16.0 Å². The Balaban J connectivity index is 2.81. The fraction of sp³-hybridized carbons (Fsp3) is 0.400. The number of para-hydroxylation sites is 1. The molecule has 0 aliphatic heterocycles. The summed E-state index contributed by atoms with van der Waals surface area (Å²) in [6, 6.07) is 2.93. The minimum Gasteiger partial charge on any atom is -0.507 e. The number of ether oxygens (including phenoxy) is 1. The molecule has 8 heteroatoms. The van der Waals surface area contributed by atoms with Crippen LogP contribution in [0.1, 0.15) is 35.7 Å². The molecule has 2 amide bonds. The second-order valence-corrected chi connectivity index (χ2v) is 4.91. The molecule has 0 aromatic heterocycles. The van der Waals surface area contributed by atoms with Gasteiger partial charge in [-0.1, -0.05) is 25.5 Å². The molecule has 0 heterocycles. The van der Waals surface area contributed by atoms with Gasteiger partial charge < -0.3 is 26.0 Å². The number of unbranched alkanes of at least 4 members (excludes halogenated alkanes) is 1. The molecule has 0 radical (unpaired) electrons. The zero-order chi connectivity index (χ0) is 17.4. The minimum atomic E-state index is -1.31. The van der Waals surface area contributed by atoms with Gasteiger partial charge in [0.1, 0.15) is 11.8 Å². The average molecular weight is 324 g/mol. The molecular formula is C15H20N2O6. The molecule has 0 aliphatic rings. The molecule has 126 valence electrons. The Hall–Kier alpha value is -2.77. The predicted octanol–water partition coefficient (Wildman–Crippen LogP) is 1.01. The van der Waals surface area contributed by atoms with Crippen molar-refractivity contribution in [2.45, 2.75) is 32.2 Å². The molecule has 1 atom stereocenters. The summed E-state index contributed by atoms with van der Waals surface area (Å²) < 4.78 is 4.84. The molecular weight excluding hydrogens is 304 g/mol. The molecule has 1 aromatic rings.